The van der Waals surface area contributed by atoms with E-state index >= 15 is 0 Å². The molecule has 0 aliphatic heterocycles. The van der Waals surface area contributed by atoms with Gasteiger partial charge in [0.25, 0.3) is 0 Å². The summed E-state index contributed by atoms with van der Waals surface area (Å²) >= 11 is 5.32. The van der Waals surface area contributed by atoms with Crippen LogP contribution in [0.2, 0.25) is 0 Å². The highest BCUT2D eigenvalue weighted by Crippen LogP contribution is 2.28. The van der Waals surface area contributed by atoms with Crippen molar-refractivity contribution >= 4 is 44.5 Å². The molecule has 0 spiro atoms. The Morgan fingerprint density at radius 3 is 2.67 bits per heavy atom. The van der Waals surface area contributed by atoms with Crippen LogP contribution in [-0.2, 0) is 11.3 Å². The zero-order chi connectivity index (χ0) is 15.4. The Morgan fingerprint density at radius 1 is 1.29 bits per heavy atom. The molecule has 0 fully saturated rings. The Balaban J connectivity index is 2.08. The van der Waals surface area contributed by atoms with Crippen LogP contribution in [0.1, 0.15) is 28.7 Å². The number of carbonyl (C=O) groups is 1. The number of aryl methyl sites for hydroxylation is 2. The molecule has 21 heavy (non-hydrogen) atoms. The number of anilines is 2. The Morgan fingerprint density at radius 2 is 2.05 bits per heavy atom. The lowest BCUT2D eigenvalue weighted by Crippen LogP contribution is -2.10. The molecular formula is C16H19BrN2OS. The van der Waals surface area contributed by atoms with Crippen molar-refractivity contribution < 1.29 is 4.79 Å². The fourth-order valence-electron chi connectivity index (χ4n) is 1.93. The van der Waals surface area contributed by atoms with Gasteiger partial charge in [-0.05, 0) is 53.5 Å². The molecule has 5 heteroatoms. The third-order valence-electron chi connectivity index (χ3n) is 3.20. The van der Waals surface area contributed by atoms with Crippen molar-refractivity contribution in [1.82, 2.24) is 0 Å². The third-order valence-corrected chi connectivity index (χ3v) is 5.34. The van der Waals surface area contributed by atoms with Gasteiger partial charge in [-0.3, -0.25) is 4.79 Å². The second-order valence-corrected chi connectivity index (χ2v) is 7.10. The molecule has 0 radical (unpaired) electrons. The Labute approximate surface area is 137 Å². The molecule has 2 aromatic rings. The summed E-state index contributed by atoms with van der Waals surface area (Å²) in [6, 6.07) is 8.08. The number of nitrogens with one attached hydrogen (secondary N) is 2. The smallest absolute Gasteiger partial charge is 0.224 e. The van der Waals surface area contributed by atoms with E-state index < -0.39 is 0 Å². The van der Waals surface area contributed by atoms with E-state index in [-0.39, 0.29) is 5.91 Å². The summed E-state index contributed by atoms with van der Waals surface area (Å²) in [6.07, 6.45) is 0.485. The van der Waals surface area contributed by atoms with Crippen LogP contribution in [0.3, 0.4) is 0 Å². The third kappa shape index (κ3) is 4.32. The number of hydrogen-bond donors (Lipinski definition) is 2. The number of thiophene rings is 1. The van der Waals surface area contributed by atoms with Crippen molar-refractivity contribution in [2.75, 3.05) is 10.6 Å². The minimum Gasteiger partial charge on any atom is -0.380 e. The van der Waals surface area contributed by atoms with Gasteiger partial charge in [0.2, 0.25) is 5.91 Å². The van der Waals surface area contributed by atoms with E-state index in [0.717, 1.165) is 28.0 Å². The van der Waals surface area contributed by atoms with Gasteiger partial charge in [-0.1, -0.05) is 13.0 Å². The van der Waals surface area contributed by atoms with E-state index in [2.05, 4.69) is 46.5 Å². The Hall–Kier alpha value is -1.33. The second kappa shape index (κ2) is 7.09. The maximum atomic E-state index is 11.5. The van der Waals surface area contributed by atoms with Gasteiger partial charge >= 0.3 is 0 Å². The van der Waals surface area contributed by atoms with Crippen LogP contribution in [0.5, 0.6) is 0 Å². The Bertz CT molecular complexity index is 632. The average molecular weight is 367 g/mol. The van der Waals surface area contributed by atoms with Crippen LogP contribution in [0.15, 0.2) is 28.7 Å². The lowest BCUT2D eigenvalue weighted by molar-refractivity contribution is -0.115. The topological polar surface area (TPSA) is 41.1 Å². The molecule has 112 valence electrons. The van der Waals surface area contributed by atoms with Crippen LogP contribution in [0.4, 0.5) is 11.4 Å². The number of amides is 1. The van der Waals surface area contributed by atoms with Crippen molar-refractivity contribution in [2.24, 2.45) is 0 Å². The summed E-state index contributed by atoms with van der Waals surface area (Å²) in [6.45, 7) is 6.79. The van der Waals surface area contributed by atoms with Gasteiger partial charge in [0, 0.05) is 38.6 Å². The highest BCUT2D eigenvalue weighted by Gasteiger charge is 2.06. The SMILES string of the molecule is CCC(=O)Nc1ccc(C)c(NCc2cc(Br)c(C)s2)c1. The molecule has 0 bridgehead atoms. The van der Waals surface area contributed by atoms with Crippen molar-refractivity contribution in [1.29, 1.82) is 0 Å². The first kappa shape index (κ1) is 16.0. The molecule has 0 aliphatic carbocycles. The highest BCUT2D eigenvalue weighted by molar-refractivity contribution is 9.10. The number of benzene rings is 1. The van der Waals surface area contributed by atoms with Crippen LogP contribution < -0.4 is 10.6 Å². The van der Waals surface area contributed by atoms with Crippen molar-refractivity contribution in [2.45, 2.75) is 33.7 Å². The quantitative estimate of drug-likeness (QED) is 0.773. The normalized spacial score (nSPS) is 10.5. The lowest BCUT2D eigenvalue weighted by atomic mass is 10.1. The van der Waals surface area contributed by atoms with Gasteiger partial charge in [0.05, 0.1) is 0 Å². The van der Waals surface area contributed by atoms with Gasteiger partial charge in [-0.2, -0.15) is 0 Å². The second-order valence-electron chi connectivity index (χ2n) is 4.90. The predicted molar refractivity (Wildman–Crippen MR) is 94.2 cm³/mol. The minimum atomic E-state index is 0.0302. The van der Waals surface area contributed by atoms with E-state index in [4.69, 9.17) is 0 Å². The zero-order valence-electron chi connectivity index (χ0n) is 12.4. The number of hydrogen-bond acceptors (Lipinski definition) is 3. The van der Waals surface area contributed by atoms with E-state index in [0.29, 0.717) is 6.42 Å². The molecule has 0 aliphatic rings. The summed E-state index contributed by atoms with van der Waals surface area (Å²) in [7, 11) is 0. The largest absolute Gasteiger partial charge is 0.380 e. The van der Waals surface area contributed by atoms with Gasteiger partial charge in [0.1, 0.15) is 0 Å². The molecule has 0 atom stereocenters. The Kier molecular flexibility index (Phi) is 5.42. The van der Waals surface area contributed by atoms with Gasteiger partial charge in [-0.25, -0.2) is 0 Å². The van der Waals surface area contributed by atoms with E-state index in [1.807, 2.05) is 25.1 Å². The summed E-state index contributed by atoms with van der Waals surface area (Å²) in [5.74, 6) is 0.0302. The van der Waals surface area contributed by atoms with Crippen LogP contribution in [0.25, 0.3) is 0 Å². The van der Waals surface area contributed by atoms with Crippen LogP contribution in [-0.4, -0.2) is 5.91 Å². The molecule has 1 aromatic carbocycles. The highest BCUT2D eigenvalue weighted by atomic mass is 79.9. The summed E-state index contributed by atoms with van der Waals surface area (Å²) in [5, 5.41) is 6.33. The standard InChI is InChI=1S/C16H19BrN2OS/c1-4-16(20)19-12-6-5-10(2)15(7-12)18-9-13-8-14(17)11(3)21-13/h5-8,18H,4,9H2,1-3H3,(H,19,20). The maximum absolute atomic E-state index is 11.5. The molecule has 1 aromatic heterocycles. The first-order chi connectivity index (χ1) is 9.99. The summed E-state index contributed by atoms with van der Waals surface area (Å²) in [4.78, 5) is 14.0. The van der Waals surface area contributed by atoms with Gasteiger partial charge < -0.3 is 10.6 Å². The van der Waals surface area contributed by atoms with Crippen LogP contribution >= 0.6 is 27.3 Å². The average Bonchev–Trinajstić information content (AvgIpc) is 2.78. The number of rotatable bonds is 5. The number of carbonyl (C=O) groups excluding carboxylic acids is 1. The molecule has 1 amide bonds. The molecule has 2 N–H and O–H groups in total. The molecule has 3 nitrogen and oxygen atoms in total. The van der Waals surface area contributed by atoms with Crippen molar-refractivity contribution in [3.8, 4) is 0 Å². The molecule has 0 unspecified atom stereocenters. The molecule has 1 heterocycles. The lowest BCUT2D eigenvalue weighted by Gasteiger charge is -2.11. The first-order valence-electron chi connectivity index (χ1n) is 6.88. The summed E-state index contributed by atoms with van der Waals surface area (Å²) in [5.41, 5.74) is 3.04. The van der Waals surface area contributed by atoms with Gasteiger partial charge in [-0.15, -0.1) is 11.3 Å². The monoisotopic (exact) mass is 366 g/mol. The summed E-state index contributed by atoms with van der Waals surface area (Å²) < 4.78 is 1.16. The predicted octanol–water partition coefficient (Wildman–Crippen LogP) is 5.09. The van der Waals surface area contributed by atoms with Crippen LogP contribution in [0, 0.1) is 13.8 Å². The van der Waals surface area contributed by atoms with Crippen molar-refractivity contribution in [3.63, 3.8) is 0 Å². The molecule has 0 saturated carbocycles. The molecular weight excluding hydrogens is 348 g/mol. The molecule has 0 saturated heterocycles. The zero-order valence-corrected chi connectivity index (χ0v) is 14.8. The maximum Gasteiger partial charge on any atom is 0.224 e. The van der Waals surface area contributed by atoms with Gasteiger partial charge in [0.15, 0.2) is 0 Å². The van der Waals surface area contributed by atoms with E-state index in [9.17, 15) is 4.79 Å². The fourth-order valence-corrected chi connectivity index (χ4v) is 3.47. The minimum absolute atomic E-state index is 0.0302. The fraction of sp³-hybridized carbons (Fsp3) is 0.312. The molecule has 2 rings (SSSR count). The first-order valence-corrected chi connectivity index (χ1v) is 8.49. The van der Waals surface area contributed by atoms with E-state index in [1.165, 1.54) is 9.75 Å². The van der Waals surface area contributed by atoms with E-state index in [1.54, 1.807) is 11.3 Å². The number of halogens is 1. The van der Waals surface area contributed by atoms with Crippen molar-refractivity contribution in [3.05, 3.63) is 44.1 Å².